The number of amides is 1. The zero-order valence-corrected chi connectivity index (χ0v) is 15.6. The van der Waals surface area contributed by atoms with E-state index in [0.29, 0.717) is 32.9 Å². The minimum Gasteiger partial charge on any atom is -0.507 e. The average Bonchev–Trinajstić information content (AvgIpc) is 2.69. The normalized spacial score (nSPS) is 11.0. The molecule has 28 heavy (non-hydrogen) atoms. The van der Waals surface area contributed by atoms with E-state index in [0.717, 1.165) is 0 Å². The Labute approximate surface area is 166 Å². The Morgan fingerprint density at radius 2 is 1.89 bits per heavy atom. The van der Waals surface area contributed by atoms with Crippen molar-refractivity contribution in [1.82, 2.24) is 0 Å². The van der Waals surface area contributed by atoms with E-state index in [1.54, 1.807) is 54.6 Å². The number of rotatable bonds is 5. The lowest BCUT2D eigenvalue weighted by Crippen LogP contribution is -2.14. The van der Waals surface area contributed by atoms with E-state index in [-0.39, 0.29) is 11.3 Å². The van der Waals surface area contributed by atoms with Crippen LogP contribution >= 0.6 is 11.6 Å². The fraction of sp³-hybridized carbons (Fsp3) is 0.0476. The van der Waals surface area contributed by atoms with Gasteiger partial charge >= 0.3 is 0 Å². The molecule has 140 valence electrons. The molecule has 0 fully saturated rings. The number of benzene rings is 3. The quantitative estimate of drug-likeness (QED) is 0.432. The fourth-order valence-corrected chi connectivity index (χ4v) is 2.86. The van der Waals surface area contributed by atoms with Gasteiger partial charge in [0.25, 0.3) is 5.91 Å². The molecule has 3 aromatic carbocycles. The number of phenols is 1. The lowest BCUT2D eigenvalue weighted by atomic mass is 10.1. The van der Waals surface area contributed by atoms with Crippen molar-refractivity contribution in [2.45, 2.75) is 0 Å². The summed E-state index contributed by atoms with van der Waals surface area (Å²) < 4.78 is 5.22. The van der Waals surface area contributed by atoms with Crippen LogP contribution in [0.25, 0.3) is 10.8 Å². The maximum Gasteiger partial charge on any atom is 0.267 e. The van der Waals surface area contributed by atoms with Crippen LogP contribution in [-0.2, 0) is 4.79 Å². The number of nitrogens with one attached hydrogen (secondary N) is 2. The highest BCUT2D eigenvalue weighted by atomic mass is 35.5. The number of carbonyl (C=O) groups excluding carboxylic acids is 1. The Morgan fingerprint density at radius 3 is 2.64 bits per heavy atom. The number of nitriles is 1. The number of anilines is 2. The first-order valence-corrected chi connectivity index (χ1v) is 8.63. The Morgan fingerprint density at radius 1 is 1.14 bits per heavy atom. The number of aromatic hydroxyl groups is 1. The maximum absolute atomic E-state index is 12.6. The van der Waals surface area contributed by atoms with Gasteiger partial charge in [-0.05, 0) is 30.3 Å². The first-order chi connectivity index (χ1) is 13.5. The van der Waals surface area contributed by atoms with Gasteiger partial charge in [-0.25, -0.2) is 0 Å². The second-order valence-electron chi connectivity index (χ2n) is 5.79. The van der Waals surface area contributed by atoms with Crippen LogP contribution in [0.3, 0.4) is 0 Å². The summed E-state index contributed by atoms with van der Waals surface area (Å²) in [6.45, 7) is 0. The molecule has 0 aliphatic heterocycles. The standard InChI is InChI=1S/C21H16ClN3O3/c1-28-20-9-8-14(22)10-18(20)24-12-13(11-23)21(27)25-17-6-2-5-16-15(17)4-3-7-19(16)26/h2-10,12,24,26H,1H3,(H,25,27)/b13-12-. The highest BCUT2D eigenvalue weighted by Gasteiger charge is 2.12. The van der Waals surface area contributed by atoms with Crippen molar-refractivity contribution in [2.24, 2.45) is 0 Å². The van der Waals surface area contributed by atoms with Gasteiger partial charge in [0.2, 0.25) is 0 Å². The summed E-state index contributed by atoms with van der Waals surface area (Å²) in [5, 5.41) is 26.7. The SMILES string of the molecule is COc1ccc(Cl)cc1N/C=C(/C#N)C(=O)Nc1cccc2c(O)cccc12. The third-order valence-corrected chi connectivity index (χ3v) is 4.28. The molecule has 0 aliphatic carbocycles. The molecule has 0 aromatic heterocycles. The topological polar surface area (TPSA) is 94.4 Å². The molecular weight excluding hydrogens is 378 g/mol. The Kier molecular flexibility index (Phi) is 5.68. The van der Waals surface area contributed by atoms with E-state index in [1.807, 2.05) is 6.07 Å². The first-order valence-electron chi connectivity index (χ1n) is 8.26. The molecule has 1 amide bonds. The summed E-state index contributed by atoms with van der Waals surface area (Å²) in [5.74, 6) is 0.0362. The monoisotopic (exact) mass is 393 g/mol. The Bertz CT molecular complexity index is 1120. The second kappa shape index (κ2) is 8.33. The number of ether oxygens (including phenoxy) is 1. The van der Waals surface area contributed by atoms with E-state index in [9.17, 15) is 15.2 Å². The zero-order valence-electron chi connectivity index (χ0n) is 14.9. The number of fused-ring (bicyclic) bond motifs is 1. The molecule has 0 aliphatic rings. The third-order valence-electron chi connectivity index (χ3n) is 4.05. The summed E-state index contributed by atoms with van der Waals surface area (Å²) in [7, 11) is 1.51. The summed E-state index contributed by atoms with van der Waals surface area (Å²) in [4.78, 5) is 12.6. The van der Waals surface area contributed by atoms with Crippen molar-refractivity contribution < 1.29 is 14.6 Å². The van der Waals surface area contributed by atoms with Crippen LogP contribution < -0.4 is 15.4 Å². The molecule has 0 saturated carbocycles. The van der Waals surface area contributed by atoms with E-state index in [2.05, 4.69) is 10.6 Å². The van der Waals surface area contributed by atoms with Gasteiger partial charge in [-0.1, -0.05) is 35.9 Å². The summed E-state index contributed by atoms with van der Waals surface area (Å²) in [6, 6.07) is 17.0. The summed E-state index contributed by atoms with van der Waals surface area (Å²) >= 11 is 5.98. The van der Waals surface area contributed by atoms with Crippen LogP contribution in [-0.4, -0.2) is 18.1 Å². The molecule has 0 spiro atoms. The fourth-order valence-electron chi connectivity index (χ4n) is 2.68. The van der Waals surface area contributed by atoms with Crippen LogP contribution in [0.4, 0.5) is 11.4 Å². The van der Waals surface area contributed by atoms with Crippen LogP contribution in [0.2, 0.25) is 5.02 Å². The molecule has 0 heterocycles. The Hall–Kier alpha value is -3.69. The summed E-state index contributed by atoms with van der Waals surface area (Å²) in [6.07, 6.45) is 1.28. The van der Waals surface area contributed by atoms with Gasteiger partial charge in [0.1, 0.15) is 23.1 Å². The predicted molar refractivity (Wildman–Crippen MR) is 110 cm³/mol. The molecule has 6 nitrogen and oxygen atoms in total. The van der Waals surface area contributed by atoms with Crippen LogP contribution in [0, 0.1) is 11.3 Å². The number of hydrogen-bond donors (Lipinski definition) is 3. The minimum atomic E-state index is -0.591. The van der Waals surface area contributed by atoms with Gasteiger partial charge < -0.3 is 20.5 Å². The van der Waals surface area contributed by atoms with Gasteiger partial charge in [0, 0.05) is 27.7 Å². The lowest BCUT2D eigenvalue weighted by molar-refractivity contribution is -0.112. The lowest BCUT2D eigenvalue weighted by Gasteiger charge is -2.10. The molecule has 7 heteroatoms. The molecule has 0 saturated heterocycles. The Balaban J connectivity index is 1.85. The van der Waals surface area contributed by atoms with Crippen molar-refractivity contribution >= 4 is 39.7 Å². The van der Waals surface area contributed by atoms with Crippen molar-refractivity contribution in [1.29, 1.82) is 5.26 Å². The van der Waals surface area contributed by atoms with E-state index < -0.39 is 5.91 Å². The van der Waals surface area contributed by atoms with Crippen molar-refractivity contribution in [3.05, 3.63) is 71.4 Å². The first kappa shape index (κ1) is 19.1. The molecule has 0 atom stereocenters. The summed E-state index contributed by atoms with van der Waals surface area (Å²) in [5.41, 5.74) is 0.865. The molecule has 3 aromatic rings. The van der Waals surface area contributed by atoms with Crippen molar-refractivity contribution in [2.75, 3.05) is 17.7 Å². The smallest absolute Gasteiger partial charge is 0.267 e. The zero-order chi connectivity index (χ0) is 20.1. The number of methoxy groups -OCH3 is 1. The van der Waals surface area contributed by atoms with E-state index >= 15 is 0 Å². The van der Waals surface area contributed by atoms with Gasteiger partial charge in [-0.15, -0.1) is 0 Å². The highest BCUT2D eigenvalue weighted by Crippen LogP contribution is 2.30. The van der Waals surface area contributed by atoms with Gasteiger partial charge in [0.15, 0.2) is 0 Å². The van der Waals surface area contributed by atoms with E-state index in [1.165, 1.54) is 13.3 Å². The number of phenolic OH excluding ortho intramolecular Hbond substituents is 1. The highest BCUT2D eigenvalue weighted by molar-refractivity contribution is 6.31. The van der Waals surface area contributed by atoms with Gasteiger partial charge in [0.05, 0.1) is 12.8 Å². The van der Waals surface area contributed by atoms with Crippen molar-refractivity contribution in [3.8, 4) is 17.6 Å². The number of carbonyl (C=O) groups is 1. The average molecular weight is 394 g/mol. The third kappa shape index (κ3) is 4.00. The minimum absolute atomic E-state index is 0.111. The second-order valence-corrected chi connectivity index (χ2v) is 6.23. The van der Waals surface area contributed by atoms with Gasteiger partial charge in [-0.2, -0.15) is 5.26 Å². The number of hydrogen-bond acceptors (Lipinski definition) is 5. The maximum atomic E-state index is 12.6. The number of nitrogens with zero attached hydrogens (tertiary/aromatic N) is 1. The van der Waals surface area contributed by atoms with Crippen LogP contribution in [0.5, 0.6) is 11.5 Å². The molecule has 0 unspecified atom stereocenters. The molecule has 3 rings (SSSR count). The molecular formula is C21H16ClN3O3. The largest absolute Gasteiger partial charge is 0.507 e. The van der Waals surface area contributed by atoms with Crippen LogP contribution in [0.15, 0.2) is 66.4 Å². The molecule has 0 bridgehead atoms. The molecule has 3 N–H and O–H groups in total. The van der Waals surface area contributed by atoms with Crippen LogP contribution in [0.1, 0.15) is 0 Å². The predicted octanol–water partition coefficient (Wildman–Crippen LogP) is 4.67. The molecule has 0 radical (unpaired) electrons. The van der Waals surface area contributed by atoms with E-state index in [4.69, 9.17) is 16.3 Å². The number of halogens is 1. The van der Waals surface area contributed by atoms with Crippen molar-refractivity contribution in [3.63, 3.8) is 0 Å². The van der Waals surface area contributed by atoms with Gasteiger partial charge in [-0.3, -0.25) is 4.79 Å².